The number of nitriles is 1. The van der Waals surface area contributed by atoms with Crippen LogP contribution in [0.15, 0.2) is 29.2 Å². The molecule has 6 nitrogen and oxygen atoms in total. The highest BCUT2D eigenvalue weighted by Crippen LogP contribution is 2.23. The van der Waals surface area contributed by atoms with Crippen molar-refractivity contribution < 1.29 is 8.78 Å². The van der Waals surface area contributed by atoms with Crippen molar-refractivity contribution in [3.05, 3.63) is 57.5 Å². The zero-order valence-electron chi connectivity index (χ0n) is 14.4. The minimum Gasteiger partial charge on any atom is -0.340 e. The summed E-state index contributed by atoms with van der Waals surface area (Å²) in [5.74, 6) is -1.28. The number of hydrogen-bond acceptors (Lipinski definition) is 5. The van der Waals surface area contributed by atoms with Gasteiger partial charge < -0.3 is 10.6 Å². The second-order valence-corrected chi connectivity index (χ2v) is 6.89. The van der Waals surface area contributed by atoms with E-state index in [0.29, 0.717) is 13.1 Å². The highest BCUT2D eigenvalue weighted by Gasteiger charge is 2.29. The fraction of sp³-hybridized carbons (Fsp3) is 0.389. The van der Waals surface area contributed by atoms with Gasteiger partial charge in [-0.25, -0.2) is 9.37 Å². The second-order valence-electron chi connectivity index (χ2n) is 6.89. The van der Waals surface area contributed by atoms with Crippen LogP contribution < -0.4 is 16.2 Å². The van der Waals surface area contributed by atoms with Gasteiger partial charge in [0, 0.05) is 18.6 Å². The van der Waals surface area contributed by atoms with Crippen LogP contribution in [-0.2, 0) is 6.54 Å². The van der Waals surface area contributed by atoms with E-state index in [2.05, 4.69) is 4.98 Å². The molecular weight excluding hydrogens is 340 g/mol. The first kappa shape index (κ1) is 18.0. The third kappa shape index (κ3) is 3.58. The minimum absolute atomic E-state index is 0.155. The molecule has 26 heavy (non-hydrogen) atoms. The van der Waals surface area contributed by atoms with Crippen molar-refractivity contribution in [2.24, 2.45) is 5.73 Å². The summed E-state index contributed by atoms with van der Waals surface area (Å²) in [5, 5.41) is 9.22. The van der Waals surface area contributed by atoms with Crippen molar-refractivity contribution in [3.8, 4) is 6.07 Å². The highest BCUT2D eigenvalue weighted by molar-refractivity contribution is 5.40. The molecule has 0 amide bonds. The van der Waals surface area contributed by atoms with Gasteiger partial charge in [0.05, 0.1) is 24.4 Å². The van der Waals surface area contributed by atoms with Gasteiger partial charge in [0.15, 0.2) is 0 Å². The fourth-order valence-corrected chi connectivity index (χ4v) is 3.27. The summed E-state index contributed by atoms with van der Waals surface area (Å²) in [5.41, 5.74) is 5.40. The number of benzene rings is 1. The van der Waals surface area contributed by atoms with Gasteiger partial charge in [-0.05, 0) is 43.5 Å². The lowest BCUT2D eigenvalue weighted by Crippen LogP contribution is -2.53. The van der Waals surface area contributed by atoms with Crippen LogP contribution in [0, 0.1) is 23.0 Å². The smallest absolute Gasteiger partial charge is 0.291 e. The topological polar surface area (TPSA) is 87.9 Å². The van der Waals surface area contributed by atoms with Gasteiger partial charge in [-0.2, -0.15) is 9.65 Å². The molecule has 8 heteroatoms. The quantitative estimate of drug-likeness (QED) is 0.902. The maximum Gasteiger partial charge on any atom is 0.291 e. The fourth-order valence-electron chi connectivity index (χ4n) is 3.27. The molecule has 2 N–H and O–H groups in total. The molecule has 0 radical (unpaired) electrons. The Hall–Kier alpha value is -2.79. The van der Waals surface area contributed by atoms with Crippen molar-refractivity contribution in [2.75, 3.05) is 18.0 Å². The number of hydrogen-bond donors (Lipinski definition) is 1. The van der Waals surface area contributed by atoms with E-state index in [4.69, 9.17) is 5.73 Å². The monoisotopic (exact) mass is 359 g/mol. The highest BCUT2D eigenvalue weighted by atomic mass is 19.1. The van der Waals surface area contributed by atoms with Crippen LogP contribution in [0.25, 0.3) is 0 Å². The predicted molar refractivity (Wildman–Crippen MR) is 92.7 cm³/mol. The molecule has 0 spiro atoms. The molecule has 0 saturated carbocycles. The van der Waals surface area contributed by atoms with Crippen molar-refractivity contribution in [1.29, 1.82) is 5.26 Å². The lowest BCUT2D eigenvalue weighted by molar-refractivity contribution is 0.367. The molecule has 1 saturated heterocycles. The van der Waals surface area contributed by atoms with E-state index in [0.717, 1.165) is 23.6 Å². The van der Waals surface area contributed by atoms with Crippen molar-refractivity contribution in [2.45, 2.75) is 31.8 Å². The summed E-state index contributed by atoms with van der Waals surface area (Å²) in [7, 11) is 0. The second kappa shape index (κ2) is 6.84. The Bertz CT molecular complexity index is 932. The average molecular weight is 359 g/mol. The molecule has 0 aliphatic carbocycles. The minimum atomic E-state index is -1.00. The largest absolute Gasteiger partial charge is 0.340 e. The number of halogens is 2. The number of anilines is 1. The first-order valence-corrected chi connectivity index (χ1v) is 8.28. The van der Waals surface area contributed by atoms with Gasteiger partial charge in [0.2, 0.25) is 11.8 Å². The van der Waals surface area contributed by atoms with Crippen molar-refractivity contribution in [3.63, 3.8) is 0 Å². The van der Waals surface area contributed by atoms with Crippen LogP contribution in [0.5, 0.6) is 0 Å². The molecule has 1 aliphatic heterocycles. The van der Waals surface area contributed by atoms with Gasteiger partial charge in [-0.1, -0.05) is 0 Å². The number of rotatable bonds is 3. The van der Waals surface area contributed by atoms with Crippen molar-refractivity contribution in [1.82, 2.24) is 9.55 Å². The maximum atomic E-state index is 13.9. The number of aromatic nitrogens is 2. The maximum absolute atomic E-state index is 13.9. The zero-order chi connectivity index (χ0) is 18.9. The summed E-state index contributed by atoms with van der Waals surface area (Å²) in [6.07, 6.45) is 2.52. The SMILES string of the molecule is C[C@@]1(N)CCCN(c2ncc(F)c(=O)n2Cc2cc(F)ccc2C#N)C1. The summed E-state index contributed by atoms with van der Waals surface area (Å²) < 4.78 is 28.6. The van der Waals surface area contributed by atoms with Crippen LogP contribution in [0.3, 0.4) is 0 Å². The van der Waals surface area contributed by atoms with Crippen LogP contribution >= 0.6 is 0 Å². The van der Waals surface area contributed by atoms with Crippen LogP contribution in [-0.4, -0.2) is 28.2 Å². The third-order valence-electron chi connectivity index (χ3n) is 4.51. The van der Waals surface area contributed by atoms with E-state index in [-0.39, 0.29) is 23.6 Å². The summed E-state index contributed by atoms with van der Waals surface area (Å²) in [4.78, 5) is 18.3. The molecule has 1 aromatic carbocycles. The molecule has 0 bridgehead atoms. The zero-order valence-corrected chi connectivity index (χ0v) is 14.4. The lowest BCUT2D eigenvalue weighted by atomic mass is 9.93. The van der Waals surface area contributed by atoms with E-state index in [9.17, 15) is 18.8 Å². The van der Waals surface area contributed by atoms with E-state index in [1.165, 1.54) is 18.2 Å². The van der Waals surface area contributed by atoms with Gasteiger partial charge in [-0.3, -0.25) is 9.36 Å². The van der Waals surface area contributed by atoms with Crippen molar-refractivity contribution >= 4 is 5.95 Å². The predicted octanol–water partition coefficient (Wildman–Crippen LogP) is 1.76. The molecule has 0 unspecified atom stereocenters. The molecule has 1 aromatic heterocycles. The van der Waals surface area contributed by atoms with Crippen LogP contribution in [0.1, 0.15) is 30.9 Å². The van der Waals surface area contributed by atoms with Gasteiger partial charge in [0.1, 0.15) is 5.82 Å². The van der Waals surface area contributed by atoms with Crippen LogP contribution in [0.2, 0.25) is 0 Å². The lowest BCUT2D eigenvalue weighted by Gasteiger charge is -2.39. The Kier molecular flexibility index (Phi) is 4.74. The molecule has 1 atom stereocenters. The Morgan fingerprint density at radius 3 is 2.88 bits per heavy atom. The molecule has 3 rings (SSSR count). The van der Waals surface area contributed by atoms with E-state index in [1.54, 1.807) is 0 Å². The molecule has 1 fully saturated rings. The van der Waals surface area contributed by atoms with Gasteiger partial charge >= 0.3 is 0 Å². The molecule has 136 valence electrons. The first-order valence-electron chi connectivity index (χ1n) is 8.28. The van der Waals surface area contributed by atoms with E-state index in [1.807, 2.05) is 17.9 Å². The van der Waals surface area contributed by atoms with Crippen LogP contribution in [0.4, 0.5) is 14.7 Å². The van der Waals surface area contributed by atoms with E-state index >= 15 is 0 Å². The summed E-state index contributed by atoms with van der Waals surface area (Å²) in [6, 6.07) is 5.63. The Morgan fingerprint density at radius 2 is 2.19 bits per heavy atom. The summed E-state index contributed by atoms with van der Waals surface area (Å²) in [6.45, 7) is 2.83. The normalized spacial score (nSPS) is 20.0. The van der Waals surface area contributed by atoms with Gasteiger partial charge in [-0.15, -0.1) is 0 Å². The number of nitrogens with zero attached hydrogens (tertiary/aromatic N) is 4. The summed E-state index contributed by atoms with van der Waals surface area (Å²) >= 11 is 0. The molecular formula is C18H19F2N5O. The first-order chi connectivity index (χ1) is 12.3. The Labute approximate surface area is 149 Å². The Morgan fingerprint density at radius 1 is 1.42 bits per heavy atom. The average Bonchev–Trinajstić information content (AvgIpc) is 2.58. The number of nitrogens with two attached hydrogens (primary N) is 1. The third-order valence-corrected chi connectivity index (χ3v) is 4.51. The standard InChI is InChI=1S/C18H19F2N5O/c1-18(22)5-2-6-24(11-18)17-23-9-15(20)16(26)25(17)10-13-7-14(19)4-3-12(13)8-21/h3-4,7,9H,2,5-6,10-11,22H2,1H3/t18-/m1/s1. The molecule has 1 aliphatic rings. The van der Waals surface area contributed by atoms with Gasteiger partial charge in [0.25, 0.3) is 5.56 Å². The van der Waals surface area contributed by atoms with E-state index < -0.39 is 22.7 Å². The molecule has 2 heterocycles. The molecule has 2 aromatic rings. The number of piperidine rings is 1. The Balaban J connectivity index is 2.07.